The zero-order valence-electron chi connectivity index (χ0n) is 7.03. The second kappa shape index (κ2) is 5.25. The molecule has 1 heterocycles. The van der Waals surface area contributed by atoms with Gasteiger partial charge in [-0.3, -0.25) is 4.79 Å². The van der Waals surface area contributed by atoms with Crippen molar-refractivity contribution in [1.82, 2.24) is 0 Å². The van der Waals surface area contributed by atoms with E-state index in [1.165, 1.54) is 0 Å². The second-order valence-corrected chi connectivity index (χ2v) is 3.26. The minimum absolute atomic E-state index is 0.0504. The van der Waals surface area contributed by atoms with Crippen LogP contribution in [0.25, 0.3) is 0 Å². The highest BCUT2D eigenvalue weighted by atomic mass is 32.1. The Hall–Kier alpha value is -0.440. The standard InChI is InChI=1S/C9H14O2S/c10-9-6-3-5-8(11-9)4-1-2-7-12/h1-2,8,12H,3-7H2/b2-1-. The van der Waals surface area contributed by atoms with Crippen molar-refractivity contribution in [1.29, 1.82) is 0 Å². The van der Waals surface area contributed by atoms with Crippen LogP contribution >= 0.6 is 12.6 Å². The first-order valence-corrected chi connectivity index (χ1v) is 4.91. The number of rotatable bonds is 3. The molecule has 0 bridgehead atoms. The fourth-order valence-corrected chi connectivity index (χ4v) is 1.42. The number of esters is 1. The van der Waals surface area contributed by atoms with Crippen LogP contribution in [0.4, 0.5) is 0 Å². The molecule has 1 fully saturated rings. The lowest BCUT2D eigenvalue weighted by Crippen LogP contribution is -2.22. The molecule has 0 aliphatic carbocycles. The summed E-state index contributed by atoms with van der Waals surface area (Å²) in [6.45, 7) is 0. The van der Waals surface area contributed by atoms with Crippen LogP contribution in [0.1, 0.15) is 25.7 Å². The Bertz CT molecular complexity index is 177. The summed E-state index contributed by atoms with van der Waals surface area (Å²) in [5.74, 6) is 0.700. The van der Waals surface area contributed by atoms with Gasteiger partial charge in [-0.15, -0.1) is 0 Å². The summed E-state index contributed by atoms with van der Waals surface area (Å²) in [5, 5.41) is 0. The number of ether oxygens (including phenoxy) is 1. The predicted octanol–water partition coefficient (Wildman–Crippen LogP) is 1.96. The van der Waals surface area contributed by atoms with Gasteiger partial charge in [0.25, 0.3) is 0 Å². The highest BCUT2D eigenvalue weighted by Gasteiger charge is 2.18. The summed E-state index contributed by atoms with van der Waals surface area (Å²) >= 11 is 4.04. The van der Waals surface area contributed by atoms with E-state index in [9.17, 15) is 4.79 Å². The molecule has 1 rings (SSSR count). The van der Waals surface area contributed by atoms with Gasteiger partial charge in [0.1, 0.15) is 6.10 Å². The third kappa shape index (κ3) is 3.30. The lowest BCUT2D eigenvalue weighted by Gasteiger charge is -2.20. The summed E-state index contributed by atoms with van der Waals surface area (Å²) in [6.07, 6.45) is 7.52. The largest absolute Gasteiger partial charge is 0.462 e. The van der Waals surface area contributed by atoms with E-state index >= 15 is 0 Å². The monoisotopic (exact) mass is 186 g/mol. The summed E-state index contributed by atoms with van der Waals surface area (Å²) in [5.41, 5.74) is 0. The molecule has 2 nitrogen and oxygen atoms in total. The molecule has 1 aliphatic rings. The Labute approximate surface area is 78.4 Å². The number of thiol groups is 1. The normalized spacial score (nSPS) is 24.4. The van der Waals surface area contributed by atoms with Gasteiger partial charge in [0.2, 0.25) is 0 Å². The molecule has 1 aliphatic heterocycles. The maximum Gasteiger partial charge on any atom is 0.306 e. The quantitative estimate of drug-likeness (QED) is 0.414. The fourth-order valence-electron chi connectivity index (χ4n) is 1.27. The molecule has 0 amide bonds. The predicted molar refractivity (Wildman–Crippen MR) is 51.3 cm³/mol. The summed E-state index contributed by atoms with van der Waals surface area (Å²) < 4.78 is 5.12. The maximum absolute atomic E-state index is 10.8. The van der Waals surface area contributed by atoms with Gasteiger partial charge in [-0.05, 0) is 12.8 Å². The number of hydrogen-bond donors (Lipinski definition) is 1. The molecule has 0 aromatic carbocycles. The molecule has 0 spiro atoms. The maximum atomic E-state index is 10.8. The van der Waals surface area contributed by atoms with Crippen LogP contribution in [0.2, 0.25) is 0 Å². The number of hydrogen-bond acceptors (Lipinski definition) is 3. The Morgan fingerprint density at radius 2 is 2.42 bits per heavy atom. The van der Waals surface area contributed by atoms with E-state index in [4.69, 9.17) is 4.74 Å². The topological polar surface area (TPSA) is 26.3 Å². The van der Waals surface area contributed by atoms with Gasteiger partial charge >= 0.3 is 5.97 Å². The third-order valence-electron chi connectivity index (χ3n) is 1.88. The van der Waals surface area contributed by atoms with Crippen molar-refractivity contribution in [2.45, 2.75) is 31.8 Å². The third-order valence-corrected chi connectivity index (χ3v) is 2.09. The van der Waals surface area contributed by atoms with E-state index in [2.05, 4.69) is 12.6 Å². The summed E-state index contributed by atoms with van der Waals surface area (Å²) in [6, 6.07) is 0. The van der Waals surface area contributed by atoms with Crippen LogP contribution in [0.3, 0.4) is 0 Å². The van der Waals surface area contributed by atoms with Gasteiger partial charge in [0.05, 0.1) is 0 Å². The van der Waals surface area contributed by atoms with Crippen molar-refractivity contribution in [2.75, 3.05) is 5.75 Å². The molecule has 0 radical (unpaired) electrons. The Balaban J connectivity index is 2.22. The molecular formula is C9H14O2S. The first-order chi connectivity index (χ1) is 5.83. The first kappa shape index (κ1) is 9.65. The zero-order chi connectivity index (χ0) is 8.81. The van der Waals surface area contributed by atoms with E-state index < -0.39 is 0 Å². The molecule has 12 heavy (non-hydrogen) atoms. The van der Waals surface area contributed by atoms with E-state index in [0.717, 1.165) is 25.0 Å². The van der Waals surface area contributed by atoms with Gasteiger partial charge in [0, 0.05) is 18.6 Å². The van der Waals surface area contributed by atoms with Crippen molar-refractivity contribution in [3.63, 3.8) is 0 Å². The lowest BCUT2D eigenvalue weighted by atomic mass is 10.1. The van der Waals surface area contributed by atoms with E-state index in [-0.39, 0.29) is 12.1 Å². The lowest BCUT2D eigenvalue weighted by molar-refractivity contribution is -0.153. The number of cyclic esters (lactones) is 1. The Kier molecular flexibility index (Phi) is 4.22. The Morgan fingerprint density at radius 3 is 3.08 bits per heavy atom. The van der Waals surface area contributed by atoms with Crippen molar-refractivity contribution >= 4 is 18.6 Å². The van der Waals surface area contributed by atoms with Crippen LogP contribution in [-0.2, 0) is 9.53 Å². The second-order valence-electron chi connectivity index (χ2n) is 2.89. The van der Waals surface area contributed by atoms with Crippen LogP contribution in [0.5, 0.6) is 0 Å². The minimum atomic E-state index is -0.0504. The zero-order valence-corrected chi connectivity index (χ0v) is 7.93. The minimum Gasteiger partial charge on any atom is -0.462 e. The average molecular weight is 186 g/mol. The van der Waals surface area contributed by atoms with Crippen LogP contribution in [0.15, 0.2) is 12.2 Å². The molecule has 0 aromatic heterocycles. The highest BCUT2D eigenvalue weighted by molar-refractivity contribution is 7.80. The molecule has 68 valence electrons. The van der Waals surface area contributed by atoms with Crippen LogP contribution < -0.4 is 0 Å². The number of carbonyl (C=O) groups is 1. The van der Waals surface area contributed by atoms with Gasteiger partial charge in [-0.1, -0.05) is 12.2 Å². The SMILES string of the molecule is O=C1CCCC(C/C=C\CS)O1. The summed E-state index contributed by atoms with van der Waals surface area (Å²) in [4.78, 5) is 10.8. The fraction of sp³-hybridized carbons (Fsp3) is 0.667. The van der Waals surface area contributed by atoms with E-state index in [1.54, 1.807) is 0 Å². The van der Waals surface area contributed by atoms with Crippen molar-refractivity contribution in [3.05, 3.63) is 12.2 Å². The Morgan fingerprint density at radius 1 is 1.58 bits per heavy atom. The van der Waals surface area contributed by atoms with Gasteiger partial charge in [0.15, 0.2) is 0 Å². The smallest absolute Gasteiger partial charge is 0.306 e. The molecular weight excluding hydrogens is 172 g/mol. The van der Waals surface area contributed by atoms with Crippen LogP contribution in [0, 0.1) is 0 Å². The first-order valence-electron chi connectivity index (χ1n) is 4.28. The highest BCUT2D eigenvalue weighted by Crippen LogP contribution is 2.16. The molecule has 3 heteroatoms. The van der Waals surface area contributed by atoms with Crippen molar-refractivity contribution in [2.24, 2.45) is 0 Å². The molecule has 1 unspecified atom stereocenters. The van der Waals surface area contributed by atoms with E-state index in [1.807, 2.05) is 12.2 Å². The van der Waals surface area contributed by atoms with Gasteiger partial charge in [-0.25, -0.2) is 0 Å². The van der Waals surface area contributed by atoms with Gasteiger partial charge in [-0.2, -0.15) is 12.6 Å². The summed E-state index contributed by atoms with van der Waals surface area (Å²) in [7, 11) is 0. The number of carbonyl (C=O) groups excluding carboxylic acids is 1. The average Bonchev–Trinajstić information content (AvgIpc) is 2.05. The van der Waals surface area contributed by atoms with Gasteiger partial charge < -0.3 is 4.74 Å². The van der Waals surface area contributed by atoms with Crippen molar-refractivity contribution < 1.29 is 9.53 Å². The molecule has 1 atom stereocenters. The molecule has 0 aromatic rings. The van der Waals surface area contributed by atoms with E-state index in [0.29, 0.717) is 6.42 Å². The molecule has 0 saturated carbocycles. The van der Waals surface area contributed by atoms with Crippen LogP contribution in [-0.4, -0.2) is 17.8 Å². The molecule has 0 N–H and O–H groups in total. The molecule has 1 saturated heterocycles. The van der Waals surface area contributed by atoms with Crippen molar-refractivity contribution in [3.8, 4) is 0 Å².